The first-order valence-electron chi connectivity index (χ1n) is 19.5. The molecule has 0 bridgehead atoms. The zero-order valence-corrected chi connectivity index (χ0v) is 36.6. The number of carboxylic acids is 4. The first-order chi connectivity index (χ1) is 27.7. The summed E-state index contributed by atoms with van der Waals surface area (Å²) in [5, 5.41) is 51.6. The number of carbonyl (C=O) groups is 6. The third kappa shape index (κ3) is 21.9. The van der Waals surface area contributed by atoms with E-state index in [0.717, 1.165) is 33.4 Å². The SMILES string of the molecule is CC1=C(/C=C/C(C)=C/C=C/C(C)=C/C=C/C=C(C)/C=C/C=C(C)/C=C/C2=C(C)C(=O)C(O)CC2(C)C)C(C)(C)CC(O)C1=O.O=C(O)CCC(=O)O.O=C(O)CCC(=O)O. The number of hydrogen-bond acceptors (Lipinski definition) is 8. The predicted octanol–water partition coefficient (Wildman–Crippen LogP) is 8.78. The number of allylic oxidation sites excluding steroid dienone is 20. The summed E-state index contributed by atoms with van der Waals surface area (Å²) < 4.78 is 0. The number of aliphatic hydroxyl groups excluding tert-OH is 2. The molecule has 0 saturated heterocycles. The van der Waals surface area contributed by atoms with Crippen molar-refractivity contribution in [1.29, 1.82) is 0 Å². The number of Topliss-reactive ketones (excluding diaryl/α,β-unsaturated/α-hetero) is 2. The summed E-state index contributed by atoms with van der Waals surface area (Å²) in [6, 6.07) is 0. The van der Waals surface area contributed by atoms with Crippen LogP contribution in [0.15, 0.2) is 130 Å². The van der Waals surface area contributed by atoms with E-state index < -0.39 is 36.1 Å². The van der Waals surface area contributed by atoms with E-state index >= 15 is 0 Å². The highest BCUT2D eigenvalue weighted by Crippen LogP contribution is 2.40. The van der Waals surface area contributed by atoms with Gasteiger partial charge in [0.25, 0.3) is 0 Å². The highest BCUT2D eigenvalue weighted by atomic mass is 16.4. The van der Waals surface area contributed by atoms with E-state index in [1.807, 2.05) is 74.6 Å². The molecular weight excluding hydrogens is 769 g/mol. The number of aliphatic hydroxyl groups is 2. The summed E-state index contributed by atoms with van der Waals surface area (Å²) in [7, 11) is 0. The summed E-state index contributed by atoms with van der Waals surface area (Å²) in [4.78, 5) is 63.0. The Labute approximate surface area is 354 Å². The van der Waals surface area contributed by atoms with Gasteiger partial charge in [-0.15, -0.1) is 0 Å². The van der Waals surface area contributed by atoms with Crippen LogP contribution in [-0.2, 0) is 28.8 Å². The van der Waals surface area contributed by atoms with Crippen LogP contribution in [-0.4, -0.2) is 78.3 Å². The first kappa shape index (κ1) is 54.3. The van der Waals surface area contributed by atoms with Crippen LogP contribution in [0, 0.1) is 10.8 Å². The maximum absolute atomic E-state index is 12.2. The highest BCUT2D eigenvalue weighted by Gasteiger charge is 2.37. The van der Waals surface area contributed by atoms with Crippen molar-refractivity contribution in [1.82, 2.24) is 0 Å². The molecule has 2 unspecified atom stereocenters. The number of hydrogen-bond donors (Lipinski definition) is 6. The molecule has 0 heterocycles. The van der Waals surface area contributed by atoms with Crippen molar-refractivity contribution in [3.63, 3.8) is 0 Å². The molecule has 2 aliphatic rings. The van der Waals surface area contributed by atoms with Gasteiger partial charge in [-0.25, -0.2) is 0 Å². The summed E-state index contributed by atoms with van der Waals surface area (Å²) in [6.07, 6.45) is 26.3. The van der Waals surface area contributed by atoms with E-state index in [4.69, 9.17) is 20.4 Å². The molecule has 12 heteroatoms. The number of carbonyl (C=O) groups excluding carboxylic acids is 2. The Morgan fingerprint density at radius 3 is 1.02 bits per heavy atom. The quantitative estimate of drug-likeness (QED) is 0.0803. The van der Waals surface area contributed by atoms with Crippen molar-refractivity contribution in [2.45, 2.75) is 120 Å². The maximum Gasteiger partial charge on any atom is 0.303 e. The van der Waals surface area contributed by atoms with Gasteiger partial charge in [0.1, 0.15) is 12.2 Å². The second kappa shape index (κ2) is 26.4. The van der Waals surface area contributed by atoms with Gasteiger partial charge < -0.3 is 30.6 Å². The average Bonchev–Trinajstić information content (AvgIpc) is 3.13. The van der Waals surface area contributed by atoms with Crippen LogP contribution in [0.5, 0.6) is 0 Å². The van der Waals surface area contributed by atoms with E-state index in [-0.39, 0.29) is 48.1 Å². The molecule has 0 aromatic rings. The van der Waals surface area contributed by atoms with E-state index in [1.165, 1.54) is 0 Å². The molecule has 0 aromatic carbocycles. The summed E-state index contributed by atoms with van der Waals surface area (Å²) in [5.41, 5.74) is 7.16. The minimum Gasteiger partial charge on any atom is -0.481 e. The Hall–Kier alpha value is -5.72. The Balaban J connectivity index is 0.00000182. The monoisotopic (exact) mass is 832 g/mol. The van der Waals surface area contributed by atoms with E-state index in [9.17, 15) is 39.0 Å². The summed E-state index contributed by atoms with van der Waals surface area (Å²) >= 11 is 0. The Morgan fingerprint density at radius 1 is 0.500 bits per heavy atom. The molecule has 6 N–H and O–H groups in total. The fourth-order valence-electron chi connectivity index (χ4n) is 6.05. The van der Waals surface area contributed by atoms with Crippen molar-refractivity contribution in [3.8, 4) is 0 Å². The molecule has 2 atom stereocenters. The molecule has 2 rings (SSSR count). The third-order valence-corrected chi connectivity index (χ3v) is 9.42. The van der Waals surface area contributed by atoms with Crippen molar-refractivity contribution in [3.05, 3.63) is 130 Å². The number of ketones is 2. The Bertz CT molecular complexity index is 1760. The second-order valence-corrected chi connectivity index (χ2v) is 16.0. The van der Waals surface area contributed by atoms with Crippen molar-refractivity contribution < 1.29 is 59.4 Å². The van der Waals surface area contributed by atoms with Gasteiger partial charge in [-0.1, -0.05) is 135 Å². The first-order valence-corrected chi connectivity index (χ1v) is 19.5. The van der Waals surface area contributed by atoms with Crippen LogP contribution < -0.4 is 0 Å². The van der Waals surface area contributed by atoms with Gasteiger partial charge in [0, 0.05) is 0 Å². The van der Waals surface area contributed by atoms with E-state index in [1.54, 1.807) is 13.8 Å². The zero-order valence-electron chi connectivity index (χ0n) is 36.6. The van der Waals surface area contributed by atoms with Gasteiger partial charge in [-0.2, -0.15) is 0 Å². The third-order valence-electron chi connectivity index (χ3n) is 9.42. The number of rotatable bonds is 16. The lowest BCUT2D eigenvalue weighted by Gasteiger charge is -2.34. The van der Waals surface area contributed by atoms with Crippen LogP contribution in [0.25, 0.3) is 0 Å². The molecule has 328 valence electrons. The molecule has 0 radical (unpaired) electrons. The topological polar surface area (TPSA) is 224 Å². The molecule has 0 aliphatic heterocycles. The summed E-state index contributed by atoms with van der Waals surface area (Å²) in [6.45, 7) is 20.0. The largest absolute Gasteiger partial charge is 0.481 e. The minimum absolute atomic E-state index is 0.175. The van der Waals surface area contributed by atoms with E-state index in [0.29, 0.717) is 24.0 Å². The lowest BCUT2D eigenvalue weighted by Crippen LogP contribution is -2.35. The Morgan fingerprint density at radius 2 is 0.750 bits per heavy atom. The lowest BCUT2D eigenvalue weighted by molar-refractivity contribution is -0.143. The van der Waals surface area contributed by atoms with E-state index in [2.05, 4.69) is 65.8 Å². The molecule has 2 aliphatic carbocycles. The molecule has 0 fully saturated rings. The normalized spacial score (nSPS) is 20.3. The fraction of sp³-hybridized carbons (Fsp3) is 0.417. The van der Waals surface area contributed by atoms with Gasteiger partial charge in [0.15, 0.2) is 11.6 Å². The fourth-order valence-corrected chi connectivity index (χ4v) is 6.05. The van der Waals surface area contributed by atoms with Gasteiger partial charge in [-0.3, -0.25) is 28.8 Å². The van der Waals surface area contributed by atoms with Crippen LogP contribution in [0.3, 0.4) is 0 Å². The van der Waals surface area contributed by atoms with Gasteiger partial charge in [0.05, 0.1) is 25.7 Å². The van der Waals surface area contributed by atoms with Crippen LogP contribution in [0.1, 0.15) is 108 Å². The minimum atomic E-state index is -1.08. The molecule has 0 amide bonds. The highest BCUT2D eigenvalue weighted by molar-refractivity contribution is 6.01. The molecule has 0 aromatic heterocycles. The smallest absolute Gasteiger partial charge is 0.303 e. The van der Waals surface area contributed by atoms with Gasteiger partial charge in [0.2, 0.25) is 0 Å². The Kier molecular flexibility index (Phi) is 23.9. The summed E-state index contributed by atoms with van der Waals surface area (Å²) in [5.74, 6) is -4.66. The van der Waals surface area contributed by atoms with Gasteiger partial charge >= 0.3 is 23.9 Å². The predicted molar refractivity (Wildman–Crippen MR) is 234 cm³/mol. The molecule has 12 nitrogen and oxygen atoms in total. The number of carboxylic acid groups (broad SMARTS) is 4. The lowest BCUT2D eigenvalue weighted by atomic mass is 9.71. The van der Waals surface area contributed by atoms with Gasteiger partial charge in [-0.05, 0) is 87.5 Å². The molecule has 60 heavy (non-hydrogen) atoms. The van der Waals surface area contributed by atoms with Crippen LogP contribution >= 0.6 is 0 Å². The molecular formula is C48H64O12. The van der Waals surface area contributed by atoms with Crippen LogP contribution in [0.4, 0.5) is 0 Å². The average molecular weight is 833 g/mol. The zero-order chi connectivity index (χ0) is 46.4. The van der Waals surface area contributed by atoms with Crippen molar-refractivity contribution in [2.24, 2.45) is 10.8 Å². The number of aliphatic carboxylic acids is 4. The molecule has 0 saturated carbocycles. The maximum atomic E-state index is 12.2. The van der Waals surface area contributed by atoms with Crippen LogP contribution in [0.2, 0.25) is 0 Å². The second-order valence-electron chi connectivity index (χ2n) is 16.0. The molecule has 0 spiro atoms. The van der Waals surface area contributed by atoms with Crippen molar-refractivity contribution >= 4 is 35.4 Å². The standard InChI is InChI=1S/C40H52O4.2C4H6O4/c1-27(17-13-19-29(3)21-23-33-31(5)37(43)35(41)25-39(33,7)8)15-11-12-16-28(2)18-14-20-30(4)22-24-34-32(6)38(44)36(42)26-40(34,9)10;2*5-3(6)1-2-4(7)8/h11-24,35-36,41-42H,25-26H2,1-10H3;2*1-2H2,(H,5,6)(H,7,8)/b12-11+,17-13+,18-14+,23-21+,24-22+,27-15+,28-16+,29-19+,30-20+;;. The van der Waals surface area contributed by atoms with Crippen molar-refractivity contribution in [2.75, 3.05) is 0 Å².